The van der Waals surface area contributed by atoms with E-state index in [1.165, 1.54) is 114 Å². The maximum Gasteiger partial charge on any atom is 0.151 e. The van der Waals surface area contributed by atoms with Gasteiger partial charge in [-0.05, 0) is 104 Å². The highest BCUT2D eigenvalue weighted by molar-refractivity contribution is 5.30. The molecule has 48 heavy (non-hydrogen) atoms. The van der Waals surface area contributed by atoms with Crippen molar-refractivity contribution in [1.82, 2.24) is 0 Å². The summed E-state index contributed by atoms with van der Waals surface area (Å²) in [5.74, 6) is 4.17. The Hall–Kier alpha value is -2.25. The monoisotopic (exact) mass is 662 g/mol. The Morgan fingerprint density at radius 2 is 1.10 bits per heavy atom. The molecule has 0 radical (unpaired) electrons. The molecule has 2 saturated heterocycles. The first kappa shape index (κ1) is 37.0. The quantitative estimate of drug-likeness (QED) is 0.101. The summed E-state index contributed by atoms with van der Waals surface area (Å²) < 4.78 is 18.6. The van der Waals surface area contributed by atoms with Gasteiger partial charge in [0, 0.05) is 0 Å². The molecule has 4 unspecified atom stereocenters. The van der Waals surface area contributed by atoms with Crippen molar-refractivity contribution >= 4 is 6.79 Å². The summed E-state index contributed by atoms with van der Waals surface area (Å²) in [6.45, 7) is 7.97. The van der Waals surface area contributed by atoms with Gasteiger partial charge in [0.1, 0.15) is 37.5 Å². The summed E-state index contributed by atoms with van der Waals surface area (Å²) in [7, 11) is 0. The maximum atomic E-state index is 8.00. The van der Waals surface area contributed by atoms with Gasteiger partial charge >= 0.3 is 0 Å². The Morgan fingerprint density at radius 1 is 0.625 bits per heavy atom. The highest BCUT2D eigenvalue weighted by Crippen LogP contribution is 2.40. The largest absolute Gasteiger partial charge is 0.485 e. The summed E-state index contributed by atoms with van der Waals surface area (Å²) in [5.41, 5.74) is 4.06. The average Bonchev–Trinajstić information content (AvgIpc) is 3.73. The van der Waals surface area contributed by atoms with Gasteiger partial charge in [0.2, 0.25) is 0 Å². The molecular formula is C42H62O6. The highest BCUT2D eigenvalue weighted by atomic mass is 17.2. The van der Waals surface area contributed by atoms with Crippen LogP contribution in [0.3, 0.4) is 0 Å². The van der Waals surface area contributed by atoms with E-state index in [2.05, 4.69) is 62.4 Å². The summed E-state index contributed by atoms with van der Waals surface area (Å²) in [6, 6.07) is 17.8. The molecule has 0 bridgehead atoms. The summed E-state index contributed by atoms with van der Waals surface area (Å²) in [5, 5.41) is 0. The molecule has 6 heteroatoms. The third-order valence-electron chi connectivity index (χ3n) is 11.6. The van der Waals surface area contributed by atoms with Crippen LogP contribution in [0.2, 0.25) is 0 Å². The summed E-state index contributed by atoms with van der Waals surface area (Å²) in [4.78, 5) is 19.5. The first-order valence-electron chi connectivity index (χ1n) is 19.4. The Kier molecular flexibility index (Phi) is 15.3. The van der Waals surface area contributed by atoms with Gasteiger partial charge in [0.05, 0.1) is 13.2 Å². The molecule has 4 aliphatic rings. The van der Waals surface area contributed by atoms with Crippen molar-refractivity contribution in [3.05, 3.63) is 65.2 Å². The standard InChI is InChI=1S/C41H60O5.CH2O/c1-3-5-7-9-30-11-17-33(18-12-30)35-21-15-32(16-22-35)27-44-46-39-29-43-40-38(28-42-41(39)40)45-37-25-23-36(24-26-37)34-19-13-31(14-20-34)10-8-6-4-2;1-2/h15-16,21-26,30-31,33-34,38-41H,3-14,17-20,27-29H2,1-2H3;1H2. The number of ether oxygens (including phenoxy) is 3. The molecule has 4 atom stereocenters. The van der Waals surface area contributed by atoms with Gasteiger partial charge in [-0.2, -0.15) is 0 Å². The predicted molar refractivity (Wildman–Crippen MR) is 191 cm³/mol. The van der Waals surface area contributed by atoms with Crippen LogP contribution in [0, 0.1) is 11.8 Å². The Morgan fingerprint density at radius 3 is 1.62 bits per heavy atom. The summed E-state index contributed by atoms with van der Waals surface area (Å²) >= 11 is 0. The van der Waals surface area contributed by atoms with Crippen molar-refractivity contribution in [3.63, 3.8) is 0 Å². The van der Waals surface area contributed by atoms with Crippen LogP contribution in [0.15, 0.2) is 48.5 Å². The average molecular weight is 663 g/mol. The molecule has 2 aliphatic heterocycles. The van der Waals surface area contributed by atoms with Crippen molar-refractivity contribution in [2.45, 2.75) is 159 Å². The molecule has 4 fully saturated rings. The van der Waals surface area contributed by atoms with Gasteiger partial charge in [0.15, 0.2) is 6.10 Å². The van der Waals surface area contributed by atoms with Gasteiger partial charge in [-0.25, -0.2) is 9.78 Å². The third kappa shape index (κ3) is 10.4. The second-order valence-electron chi connectivity index (χ2n) is 14.9. The van der Waals surface area contributed by atoms with E-state index in [4.69, 9.17) is 28.8 Å². The van der Waals surface area contributed by atoms with Gasteiger partial charge in [0.25, 0.3) is 0 Å². The lowest BCUT2D eigenvalue weighted by molar-refractivity contribution is -0.341. The number of fused-ring (bicyclic) bond motifs is 1. The number of hydrogen-bond acceptors (Lipinski definition) is 6. The molecule has 266 valence electrons. The summed E-state index contributed by atoms with van der Waals surface area (Å²) in [6.07, 6.45) is 21.2. The Bertz CT molecular complexity index is 1150. The van der Waals surface area contributed by atoms with Crippen LogP contribution in [0.4, 0.5) is 0 Å². The molecule has 0 aromatic heterocycles. The zero-order valence-corrected chi connectivity index (χ0v) is 29.8. The van der Waals surface area contributed by atoms with Crippen molar-refractivity contribution in [2.75, 3.05) is 13.2 Å². The molecule has 2 saturated carbocycles. The number of carbonyl (C=O) groups excluding carboxylic acids is 1. The molecule has 2 heterocycles. The second-order valence-corrected chi connectivity index (χ2v) is 14.9. The fraction of sp³-hybridized carbons (Fsp3) is 0.690. The number of hydrogen-bond donors (Lipinski definition) is 0. The number of benzene rings is 2. The lowest BCUT2D eigenvalue weighted by atomic mass is 9.77. The second kappa shape index (κ2) is 19.8. The fourth-order valence-corrected chi connectivity index (χ4v) is 8.62. The number of unbranched alkanes of at least 4 members (excludes halogenated alkanes) is 4. The van der Waals surface area contributed by atoms with E-state index in [1.54, 1.807) is 0 Å². The molecule has 6 rings (SSSR count). The predicted octanol–water partition coefficient (Wildman–Crippen LogP) is 10.3. The van der Waals surface area contributed by atoms with Crippen LogP contribution < -0.4 is 4.74 Å². The number of carbonyl (C=O) groups is 1. The zero-order valence-electron chi connectivity index (χ0n) is 29.8. The lowest BCUT2D eigenvalue weighted by Crippen LogP contribution is -2.35. The topological polar surface area (TPSA) is 63.2 Å². The van der Waals surface area contributed by atoms with E-state index >= 15 is 0 Å². The Labute approximate surface area is 290 Å². The van der Waals surface area contributed by atoms with E-state index < -0.39 is 0 Å². The van der Waals surface area contributed by atoms with Crippen LogP contribution in [0.1, 0.15) is 145 Å². The molecule has 0 amide bonds. The fourth-order valence-electron chi connectivity index (χ4n) is 8.62. The first-order valence-corrected chi connectivity index (χ1v) is 19.4. The van der Waals surface area contributed by atoms with Gasteiger partial charge < -0.3 is 19.0 Å². The minimum absolute atomic E-state index is 0.137. The molecule has 2 aromatic rings. The SMILES string of the molecule is C=O.CCCCCC1CCC(c2ccc(COOC3COC4C(Oc5ccc(C6CCC(CCCCC)CC6)cc5)COC34)cc2)CC1. The van der Waals surface area contributed by atoms with Crippen LogP contribution in [-0.4, -0.2) is 44.4 Å². The van der Waals surface area contributed by atoms with Gasteiger partial charge in [-0.1, -0.05) is 102 Å². The highest BCUT2D eigenvalue weighted by Gasteiger charge is 2.50. The van der Waals surface area contributed by atoms with E-state index in [1.807, 2.05) is 6.79 Å². The van der Waals surface area contributed by atoms with E-state index in [9.17, 15) is 0 Å². The first-order chi connectivity index (χ1) is 23.7. The van der Waals surface area contributed by atoms with Gasteiger partial charge in [-0.15, -0.1) is 0 Å². The molecule has 0 N–H and O–H groups in total. The maximum absolute atomic E-state index is 8.00. The molecule has 0 spiro atoms. The van der Waals surface area contributed by atoms with Gasteiger partial charge in [-0.3, -0.25) is 0 Å². The minimum atomic E-state index is -0.245. The van der Waals surface area contributed by atoms with Crippen molar-refractivity contribution in [3.8, 4) is 5.75 Å². The van der Waals surface area contributed by atoms with Crippen molar-refractivity contribution in [1.29, 1.82) is 0 Å². The number of rotatable bonds is 16. The molecule has 6 nitrogen and oxygen atoms in total. The molecular weight excluding hydrogens is 600 g/mol. The van der Waals surface area contributed by atoms with Crippen LogP contribution in [-0.2, 0) is 30.7 Å². The van der Waals surface area contributed by atoms with Crippen LogP contribution in [0.25, 0.3) is 0 Å². The lowest BCUT2D eigenvalue weighted by Gasteiger charge is -2.29. The van der Waals surface area contributed by atoms with E-state index in [0.717, 1.165) is 23.1 Å². The van der Waals surface area contributed by atoms with Crippen molar-refractivity contribution < 1.29 is 28.8 Å². The Balaban J connectivity index is 0.00000221. The smallest absolute Gasteiger partial charge is 0.151 e. The minimum Gasteiger partial charge on any atom is -0.485 e. The van der Waals surface area contributed by atoms with Crippen LogP contribution in [0.5, 0.6) is 5.75 Å². The normalized spacial score (nSPS) is 30.0. The van der Waals surface area contributed by atoms with Crippen LogP contribution >= 0.6 is 0 Å². The third-order valence-corrected chi connectivity index (χ3v) is 11.6. The van der Waals surface area contributed by atoms with E-state index in [-0.39, 0.29) is 24.4 Å². The zero-order chi connectivity index (χ0) is 33.6. The molecule has 2 aliphatic carbocycles. The van der Waals surface area contributed by atoms with E-state index in [0.29, 0.717) is 31.7 Å². The van der Waals surface area contributed by atoms with Crippen molar-refractivity contribution in [2.24, 2.45) is 11.8 Å². The molecule has 2 aromatic carbocycles.